The Morgan fingerprint density at radius 3 is 2.65 bits per heavy atom. The van der Waals surface area contributed by atoms with Crippen molar-refractivity contribution in [3.63, 3.8) is 0 Å². The number of aliphatic hydroxyl groups is 1. The van der Waals surface area contributed by atoms with Gasteiger partial charge in [-0.25, -0.2) is 0 Å². The molecule has 4 heteroatoms. The molecule has 1 rings (SSSR count). The lowest BCUT2D eigenvalue weighted by Crippen LogP contribution is -2.06. The van der Waals surface area contributed by atoms with Crippen LogP contribution in [0, 0.1) is 0 Å². The number of rotatable bonds is 8. The predicted molar refractivity (Wildman–Crippen MR) is 72.1 cm³/mol. The number of ether oxygens (including phenoxy) is 2. The smallest absolute Gasteiger partial charge is 0.161 e. The van der Waals surface area contributed by atoms with E-state index in [2.05, 4.69) is 6.92 Å². The summed E-state index contributed by atoms with van der Waals surface area (Å²) in [5.41, 5.74) is 0. The molecular formula is C13H20O3S. The van der Waals surface area contributed by atoms with Crippen molar-refractivity contribution in [3.05, 3.63) is 24.3 Å². The van der Waals surface area contributed by atoms with Gasteiger partial charge in [0.1, 0.15) is 0 Å². The number of aliphatic hydroxyl groups excluding tert-OH is 1. The molecule has 1 N–H and O–H groups in total. The first-order valence-electron chi connectivity index (χ1n) is 5.76. The molecule has 96 valence electrons. The zero-order valence-corrected chi connectivity index (χ0v) is 11.2. The first kappa shape index (κ1) is 14.2. The highest BCUT2D eigenvalue weighted by Gasteiger charge is 2.04. The predicted octanol–water partition coefficient (Wildman–Crippen LogP) is 2.58. The van der Waals surface area contributed by atoms with Gasteiger partial charge in [0.15, 0.2) is 11.5 Å². The van der Waals surface area contributed by atoms with Gasteiger partial charge in [-0.15, -0.1) is 0 Å². The maximum Gasteiger partial charge on any atom is 0.161 e. The maximum absolute atomic E-state index is 8.78. The topological polar surface area (TPSA) is 38.7 Å². The van der Waals surface area contributed by atoms with Crippen LogP contribution in [0.4, 0.5) is 0 Å². The van der Waals surface area contributed by atoms with Crippen molar-refractivity contribution in [3.8, 4) is 11.5 Å². The Morgan fingerprint density at radius 2 is 2.00 bits per heavy atom. The SMILES string of the molecule is COc1ccccc1OCCSC(C)CCO. The molecule has 0 aliphatic carbocycles. The van der Waals surface area contributed by atoms with Gasteiger partial charge in [0.25, 0.3) is 0 Å². The Labute approximate surface area is 107 Å². The van der Waals surface area contributed by atoms with E-state index in [4.69, 9.17) is 14.6 Å². The molecular weight excluding hydrogens is 236 g/mol. The van der Waals surface area contributed by atoms with E-state index in [0.717, 1.165) is 23.7 Å². The highest BCUT2D eigenvalue weighted by molar-refractivity contribution is 7.99. The van der Waals surface area contributed by atoms with Crippen LogP contribution in [-0.2, 0) is 0 Å². The van der Waals surface area contributed by atoms with Crippen LogP contribution in [0.1, 0.15) is 13.3 Å². The molecule has 0 bridgehead atoms. The van der Waals surface area contributed by atoms with Crippen molar-refractivity contribution < 1.29 is 14.6 Å². The van der Waals surface area contributed by atoms with Gasteiger partial charge in [-0.1, -0.05) is 19.1 Å². The Morgan fingerprint density at radius 1 is 1.29 bits per heavy atom. The van der Waals surface area contributed by atoms with Crippen LogP contribution >= 0.6 is 11.8 Å². The van der Waals surface area contributed by atoms with E-state index >= 15 is 0 Å². The first-order chi connectivity index (χ1) is 8.27. The van der Waals surface area contributed by atoms with Gasteiger partial charge in [0.2, 0.25) is 0 Å². The van der Waals surface area contributed by atoms with Crippen molar-refractivity contribution >= 4 is 11.8 Å². The maximum atomic E-state index is 8.78. The van der Waals surface area contributed by atoms with Crippen LogP contribution in [-0.4, -0.2) is 36.4 Å². The van der Waals surface area contributed by atoms with Gasteiger partial charge in [-0.3, -0.25) is 0 Å². The summed E-state index contributed by atoms with van der Waals surface area (Å²) in [4.78, 5) is 0. The second-order valence-electron chi connectivity index (χ2n) is 3.69. The summed E-state index contributed by atoms with van der Waals surface area (Å²) in [6.45, 7) is 3.02. The van der Waals surface area contributed by atoms with Crippen molar-refractivity contribution in [1.82, 2.24) is 0 Å². The molecule has 0 radical (unpaired) electrons. The van der Waals surface area contributed by atoms with E-state index in [-0.39, 0.29) is 6.61 Å². The molecule has 1 unspecified atom stereocenters. The van der Waals surface area contributed by atoms with E-state index in [9.17, 15) is 0 Å². The molecule has 0 saturated carbocycles. The van der Waals surface area contributed by atoms with Crippen molar-refractivity contribution in [2.75, 3.05) is 26.1 Å². The Balaban J connectivity index is 2.26. The summed E-state index contributed by atoms with van der Waals surface area (Å²) < 4.78 is 10.8. The molecule has 1 aromatic carbocycles. The number of para-hydroxylation sites is 2. The zero-order valence-electron chi connectivity index (χ0n) is 10.4. The van der Waals surface area contributed by atoms with E-state index in [1.165, 1.54) is 0 Å². The lowest BCUT2D eigenvalue weighted by atomic mass is 10.3. The molecule has 1 aromatic rings. The van der Waals surface area contributed by atoms with Crippen LogP contribution in [0.5, 0.6) is 11.5 Å². The minimum atomic E-state index is 0.252. The van der Waals surface area contributed by atoms with Crippen LogP contribution < -0.4 is 9.47 Å². The third-order valence-electron chi connectivity index (χ3n) is 2.35. The van der Waals surface area contributed by atoms with Gasteiger partial charge in [-0.2, -0.15) is 11.8 Å². The molecule has 0 amide bonds. The minimum Gasteiger partial charge on any atom is -0.493 e. The van der Waals surface area contributed by atoms with Crippen LogP contribution in [0.15, 0.2) is 24.3 Å². The highest BCUT2D eigenvalue weighted by Crippen LogP contribution is 2.26. The van der Waals surface area contributed by atoms with Gasteiger partial charge < -0.3 is 14.6 Å². The number of methoxy groups -OCH3 is 1. The average molecular weight is 256 g/mol. The summed E-state index contributed by atoms with van der Waals surface area (Å²) in [6, 6.07) is 7.64. The van der Waals surface area contributed by atoms with Crippen molar-refractivity contribution in [2.24, 2.45) is 0 Å². The van der Waals surface area contributed by atoms with Crippen LogP contribution in [0.25, 0.3) is 0 Å². The van der Waals surface area contributed by atoms with E-state index in [1.807, 2.05) is 36.0 Å². The number of benzene rings is 1. The van der Waals surface area contributed by atoms with Gasteiger partial charge in [0.05, 0.1) is 13.7 Å². The summed E-state index contributed by atoms with van der Waals surface area (Å²) in [5, 5.41) is 9.25. The van der Waals surface area contributed by atoms with Crippen molar-refractivity contribution in [2.45, 2.75) is 18.6 Å². The van der Waals surface area contributed by atoms with Crippen molar-refractivity contribution in [1.29, 1.82) is 0 Å². The fourth-order valence-electron chi connectivity index (χ4n) is 1.40. The normalized spacial score (nSPS) is 12.2. The summed E-state index contributed by atoms with van der Waals surface area (Å²) in [5.74, 6) is 2.46. The molecule has 0 aliphatic rings. The molecule has 0 aliphatic heterocycles. The lowest BCUT2D eigenvalue weighted by molar-refractivity contribution is 0.288. The second kappa shape index (κ2) is 8.25. The molecule has 1 atom stereocenters. The van der Waals surface area contributed by atoms with E-state index in [1.54, 1.807) is 7.11 Å². The molecule has 0 fully saturated rings. The lowest BCUT2D eigenvalue weighted by Gasteiger charge is -2.12. The molecule has 0 spiro atoms. The fourth-order valence-corrected chi connectivity index (χ4v) is 2.26. The summed E-state index contributed by atoms with van der Waals surface area (Å²) >= 11 is 1.81. The Bertz CT molecular complexity index is 317. The van der Waals surface area contributed by atoms with Gasteiger partial charge in [0, 0.05) is 17.6 Å². The molecule has 0 saturated heterocycles. The van der Waals surface area contributed by atoms with E-state index in [0.29, 0.717) is 11.9 Å². The third-order valence-corrected chi connectivity index (χ3v) is 3.56. The largest absolute Gasteiger partial charge is 0.493 e. The molecule has 3 nitrogen and oxygen atoms in total. The quantitative estimate of drug-likeness (QED) is 0.726. The molecule has 0 heterocycles. The van der Waals surface area contributed by atoms with Crippen LogP contribution in [0.2, 0.25) is 0 Å². The van der Waals surface area contributed by atoms with Gasteiger partial charge in [-0.05, 0) is 18.6 Å². The number of thioether (sulfide) groups is 1. The minimum absolute atomic E-state index is 0.252. The third kappa shape index (κ3) is 5.33. The Hall–Kier alpha value is -0.870. The van der Waals surface area contributed by atoms with Gasteiger partial charge >= 0.3 is 0 Å². The second-order valence-corrected chi connectivity index (χ2v) is 5.24. The number of hydrogen-bond acceptors (Lipinski definition) is 4. The molecule has 0 aromatic heterocycles. The van der Waals surface area contributed by atoms with Crippen LogP contribution in [0.3, 0.4) is 0 Å². The van der Waals surface area contributed by atoms with E-state index < -0.39 is 0 Å². The Kier molecular flexibility index (Phi) is 6.89. The monoisotopic (exact) mass is 256 g/mol. The standard InChI is InChI=1S/C13H20O3S/c1-11(7-8-14)17-10-9-16-13-6-4-3-5-12(13)15-2/h3-6,11,14H,7-10H2,1-2H3. The fraction of sp³-hybridized carbons (Fsp3) is 0.538. The molecule has 17 heavy (non-hydrogen) atoms. The highest BCUT2D eigenvalue weighted by atomic mass is 32.2. The summed E-state index contributed by atoms with van der Waals surface area (Å²) in [6.07, 6.45) is 0.833. The average Bonchev–Trinajstić information content (AvgIpc) is 2.35. The number of hydrogen-bond donors (Lipinski definition) is 1. The summed E-state index contributed by atoms with van der Waals surface area (Å²) in [7, 11) is 1.64. The zero-order chi connectivity index (χ0) is 12.5. The first-order valence-corrected chi connectivity index (χ1v) is 6.81.